The molecule has 1 aliphatic carbocycles. The lowest BCUT2D eigenvalue weighted by Crippen LogP contribution is -2.53. The second-order valence-corrected chi connectivity index (χ2v) is 14.9. The Morgan fingerprint density at radius 2 is 1.62 bits per heavy atom. The van der Waals surface area contributed by atoms with Crippen molar-refractivity contribution in [1.82, 2.24) is 20.4 Å². The average molecular weight is 660 g/mol. The largest absolute Gasteiger partial charge is 0.371 e. The van der Waals surface area contributed by atoms with Crippen LogP contribution in [0.3, 0.4) is 0 Å². The maximum absolute atomic E-state index is 14.1. The van der Waals surface area contributed by atoms with E-state index in [0.29, 0.717) is 18.2 Å². The zero-order valence-electron chi connectivity index (χ0n) is 30.9. The topological polar surface area (TPSA) is 85.0 Å². The first-order valence-electron chi connectivity index (χ1n) is 18.4. The minimum Gasteiger partial charge on any atom is -0.371 e. The van der Waals surface area contributed by atoms with Crippen LogP contribution in [0.2, 0.25) is 0 Å². The van der Waals surface area contributed by atoms with E-state index < -0.39 is 0 Å². The third-order valence-corrected chi connectivity index (χ3v) is 10.7. The van der Waals surface area contributed by atoms with Crippen LogP contribution < -0.4 is 15.5 Å². The summed E-state index contributed by atoms with van der Waals surface area (Å²) in [5, 5.41) is 6.30. The highest BCUT2D eigenvalue weighted by molar-refractivity contribution is 5.99. The van der Waals surface area contributed by atoms with Crippen molar-refractivity contribution in [3.63, 3.8) is 0 Å². The van der Waals surface area contributed by atoms with E-state index in [0.717, 1.165) is 80.4 Å². The van der Waals surface area contributed by atoms with Gasteiger partial charge in [-0.25, -0.2) is 0 Å². The van der Waals surface area contributed by atoms with Gasteiger partial charge in [0.05, 0.1) is 5.92 Å². The van der Waals surface area contributed by atoms with Crippen LogP contribution in [0, 0.1) is 18.8 Å². The molecule has 3 amide bonds. The van der Waals surface area contributed by atoms with E-state index in [1.54, 1.807) is 6.92 Å². The number of unbranched alkanes of at least 4 members (excludes halogenated alkanes) is 3. The molecule has 264 valence electrons. The van der Waals surface area contributed by atoms with Gasteiger partial charge in [-0.1, -0.05) is 57.4 Å². The molecule has 0 aromatic heterocycles. The van der Waals surface area contributed by atoms with E-state index in [1.165, 1.54) is 18.4 Å². The van der Waals surface area contributed by atoms with Gasteiger partial charge in [-0.05, 0) is 107 Å². The van der Waals surface area contributed by atoms with E-state index >= 15 is 0 Å². The maximum Gasteiger partial charge on any atom is 0.251 e. The van der Waals surface area contributed by atoms with E-state index in [-0.39, 0.29) is 41.6 Å². The van der Waals surface area contributed by atoms with Crippen LogP contribution in [0.5, 0.6) is 0 Å². The molecule has 3 unspecified atom stereocenters. The highest BCUT2D eigenvalue weighted by Gasteiger charge is 2.38. The van der Waals surface area contributed by atoms with Crippen LogP contribution in [0.4, 0.5) is 5.69 Å². The summed E-state index contributed by atoms with van der Waals surface area (Å²) >= 11 is 0. The van der Waals surface area contributed by atoms with Crippen molar-refractivity contribution in [2.24, 2.45) is 11.8 Å². The van der Waals surface area contributed by atoms with Gasteiger partial charge in [0.2, 0.25) is 11.8 Å². The van der Waals surface area contributed by atoms with Crippen LogP contribution in [-0.2, 0) is 16.1 Å². The Bertz CT molecular complexity index is 1380. The summed E-state index contributed by atoms with van der Waals surface area (Å²) in [5.41, 5.74) is 5.96. The minimum absolute atomic E-state index is 0.0288. The SMILES string of the molecule is CCCCCCN1C(=O)C(CNC(=O)c2cc(-c3ccc(CN(C)C)cc3)cc(N(C)C3CCC(NC(C)=O)CC3)c2C)C(C)CC1C. The summed E-state index contributed by atoms with van der Waals surface area (Å²) < 4.78 is 0. The predicted octanol–water partition coefficient (Wildman–Crippen LogP) is 6.79. The summed E-state index contributed by atoms with van der Waals surface area (Å²) in [6.07, 6.45) is 9.33. The quantitative estimate of drug-likeness (QED) is 0.218. The Labute approximate surface area is 290 Å². The zero-order chi connectivity index (χ0) is 35.0. The highest BCUT2D eigenvalue weighted by atomic mass is 16.2. The minimum atomic E-state index is -0.218. The molecule has 0 radical (unpaired) electrons. The summed E-state index contributed by atoms with van der Waals surface area (Å²) in [7, 11) is 6.27. The van der Waals surface area contributed by atoms with E-state index in [4.69, 9.17) is 0 Å². The normalized spacial score (nSPS) is 22.9. The monoisotopic (exact) mass is 659 g/mol. The van der Waals surface area contributed by atoms with Crippen molar-refractivity contribution >= 4 is 23.4 Å². The summed E-state index contributed by atoms with van der Waals surface area (Å²) in [4.78, 5) is 46.0. The Morgan fingerprint density at radius 3 is 2.25 bits per heavy atom. The fourth-order valence-corrected chi connectivity index (χ4v) is 7.86. The molecule has 8 heteroatoms. The lowest BCUT2D eigenvalue weighted by molar-refractivity contribution is -0.144. The number of likely N-dealkylation sites (tertiary alicyclic amines) is 1. The standard InChI is InChI=1S/C40H61N5O3/c1-9-10-11-12-21-45-28(3)22-27(2)37(40(45)48)25-41-39(47)36-23-33(32-15-13-31(14-16-32)26-43(6)7)24-38(29(36)4)44(8)35-19-17-34(18-20-35)42-30(5)46/h13-16,23-24,27-28,34-35,37H,9-12,17-22,25-26H2,1-8H3,(H,41,47)(H,42,46). The lowest BCUT2D eigenvalue weighted by Gasteiger charge is -2.41. The van der Waals surface area contributed by atoms with E-state index in [2.05, 4.69) is 97.6 Å². The van der Waals surface area contributed by atoms with Crippen molar-refractivity contribution in [2.45, 2.75) is 117 Å². The van der Waals surface area contributed by atoms with Crippen LogP contribution in [0.25, 0.3) is 11.1 Å². The van der Waals surface area contributed by atoms with Crippen molar-refractivity contribution in [1.29, 1.82) is 0 Å². The molecule has 3 atom stereocenters. The first kappa shape index (κ1) is 37.4. The lowest BCUT2D eigenvalue weighted by atomic mass is 9.82. The summed E-state index contributed by atoms with van der Waals surface area (Å²) in [5.74, 6) is 0.0700. The Hall–Kier alpha value is -3.39. The van der Waals surface area contributed by atoms with Crippen LogP contribution >= 0.6 is 0 Å². The number of carbonyl (C=O) groups excluding carboxylic acids is 3. The molecule has 2 fully saturated rings. The van der Waals surface area contributed by atoms with Crippen LogP contribution in [0.1, 0.15) is 107 Å². The maximum atomic E-state index is 14.1. The summed E-state index contributed by atoms with van der Waals surface area (Å²) in [6, 6.07) is 13.6. The number of piperidine rings is 1. The first-order chi connectivity index (χ1) is 22.9. The fourth-order valence-electron chi connectivity index (χ4n) is 7.86. The molecule has 4 rings (SSSR count). The molecule has 1 heterocycles. The van der Waals surface area contributed by atoms with Gasteiger partial charge in [0.15, 0.2) is 0 Å². The molecule has 0 bridgehead atoms. The van der Waals surface area contributed by atoms with Gasteiger partial charge in [-0.2, -0.15) is 0 Å². The number of carbonyl (C=O) groups is 3. The number of benzene rings is 2. The zero-order valence-corrected chi connectivity index (χ0v) is 30.9. The molecule has 2 aromatic rings. The number of rotatable bonds is 14. The molecule has 2 aromatic carbocycles. The summed E-state index contributed by atoms with van der Waals surface area (Å²) in [6.45, 7) is 12.2. The Kier molecular flexibility index (Phi) is 13.5. The smallest absolute Gasteiger partial charge is 0.251 e. The molecule has 1 saturated heterocycles. The number of amides is 3. The molecule has 1 saturated carbocycles. The number of anilines is 1. The van der Waals surface area contributed by atoms with Gasteiger partial charge in [0.1, 0.15) is 0 Å². The van der Waals surface area contributed by atoms with Gasteiger partial charge in [0.25, 0.3) is 5.91 Å². The van der Waals surface area contributed by atoms with Crippen molar-refractivity contribution in [3.8, 4) is 11.1 Å². The van der Waals surface area contributed by atoms with Crippen LogP contribution in [0.15, 0.2) is 36.4 Å². The highest BCUT2D eigenvalue weighted by Crippen LogP contribution is 2.35. The van der Waals surface area contributed by atoms with Crippen molar-refractivity contribution in [3.05, 3.63) is 53.1 Å². The van der Waals surface area contributed by atoms with Crippen molar-refractivity contribution < 1.29 is 14.4 Å². The number of hydrogen-bond donors (Lipinski definition) is 2. The van der Waals surface area contributed by atoms with Gasteiger partial charge in [-0.15, -0.1) is 0 Å². The second kappa shape index (κ2) is 17.3. The number of nitrogens with one attached hydrogen (secondary N) is 2. The average Bonchev–Trinajstić information content (AvgIpc) is 3.04. The van der Waals surface area contributed by atoms with Gasteiger partial charge in [-0.3, -0.25) is 14.4 Å². The van der Waals surface area contributed by atoms with Gasteiger partial charge in [0, 0.05) is 63.0 Å². The second-order valence-electron chi connectivity index (χ2n) is 14.9. The number of hydrogen-bond acceptors (Lipinski definition) is 5. The predicted molar refractivity (Wildman–Crippen MR) is 197 cm³/mol. The van der Waals surface area contributed by atoms with E-state index in [9.17, 15) is 14.4 Å². The molecule has 2 aliphatic rings. The Balaban J connectivity index is 1.57. The number of nitrogens with zero attached hydrogens (tertiary/aromatic N) is 3. The molecule has 2 N–H and O–H groups in total. The van der Waals surface area contributed by atoms with Crippen LogP contribution in [-0.4, -0.2) is 79.9 Å². The molecule has 8 nitrogen and oxygen atoms in total. The fraction of sp³-hybridized carbons (Fsp3) is 0.625. The first-order valence-corrected chi connectivity index (χ1v) is 18.4. The molecule has 48 heavy (non-hydrogen) atoms. The molecule has 1 aliphatic heterocycles. The third-order valence-electron chi connectivity index (χ3n) is 10.7. The third kappa shape index (κ3) is 9.61. The van der Waals surface area contributed by atoms with E-state index in [1.807, 2.05) is 13.0 Å². The molecule has 0 spiro atoms. The Morgan fingerprint density at radius 1 is 0.938 bits per heavy atom. The van der Waals surface area contributed by atoms with Gasteiger partial charge >= 0.3 is 0 Å². The van der Waals surface area contributed by atoms with Crippen molar-refractivity contribution in [2.75, 3.05) is 39.1 Å². The van der Waals surface area contributed by atoms with Gasteiger partial charge < -0.3 is 25.3 Å². The molecular weight excluding hydrogens is 598 g/mol. The molecular formula is C40H61N5O3.